The molecular weight excluding hydrogens is 310 g/mol. The summed E-state index contributed by atoms with van der Waals surface area (Å²) in [5.74, 6) is 8.92. The number of ether oxygens (including phenoxy) is 1. The fourth-order valence-corrected chi connectivity index (χ4v) is 1.75. The summed E-state index contributed by atoms with van der Waals surface area (Å²) in [5.41, 5.74) is -0.523. The molecule has 0 aliphatic rings. The lowest BCUT2D eigenvalue weighted by Crippen LogP contribution is -2.54. The number of aliphatic hydroxyl groups excluding tert-OH is 1. The number of methoxy groups -OCH3 is 1. The number of carbonyl (C=O) groups is 2. The third-order valence-corrected chi connectivity index (χ3v) is 3.00. The van der Waals surface area contributed by atoms with Crippen molar-refractivity contribution in [3.63, 3.8) is 0 Å². The van der Waals surface area contributed by atoms with E-state index < -0.39 is 23.5 Å². The van der Waals surface area contributed by atoms with Crippen LogP contribution in [-0.4, -0.2) is 47.4 Å². The van der Waals surface area contributed by atoms with Gasteiger partial charge in [0, 0.05) is 11.1 Å². The zero-order valence-electron chi connectivity index (χ0n) is 13.7. The van der Waals surface area contributed by atoms with Crippen molar-refractivity contribution in [2.75, 3.05) is 13.7 Å². The van der Waals surface area contributed by atoms with E-state index in [2.05, 4.69) is 33.7 Å². The Labute approximate surface area is 140 Å². The molecule has 3 N–H and O–H groups in total. The standard InChI is InChI=1S/C18H19NO5/c1-18(2,23)15(17(22)24-3)19-16(21)14-10-8-13(9-11-14)7-5-4-6-12-20/h8-11,15,20,23H,12H2,1-3H3,(H,19,21). The lowest BCUT2D eigenvalue weighted by Gasteiger charge is -2.27. The first kappa shape index (κ1) is 19.2. The molecule has 1 aromatic rings. The van der Waals surface area contributed by atoms with Gasteiger partial charge in [-0.1, -0.05) is 11.8 Å². The van der Waals surface area contributed by atoms with E-state index >= 15 is 0 Å². The number of amides is 1. The number of benzene rings is 1. The van der Waals surface area contributed by atoms with Crippen LogP contribution in [0.1, 0.15) is 29.8 Å². The minimum Gasteiger partial charge on any atom is -0.467 e. The lowest BCUT2D eigenvalue weighted by atomic mass is 9.98. The Hall–Kier alpha value is -2.80. The highest BCUT2D eigenvalue weighted by Crippen LogP contribution is 2.12. The number of hydrogen-bond donors (Lipinski definition) is 3. The number of carbonyl (C=O) groups excluding carboxylic acids is 2. The summed E-state index contributed by atoms with van der Waals surface area (Å²) < 4.78 is 4.60. The van der Waals surface area contributed by atoms with Crippen LogP contribution >= 0.6 is 0 Å². The normalized spacial score (nSPS) is 11.2. The van der Waals surface area contributed by atoms with Crippen LogP contribution in [0.3, 0.4) is 0 Å². The molecule has 1 unspecified atom stereocenters. The Balaban J connectivity index is 2.87. The first-order chi connectivity index (χ1) is 11.3. The molecule has 6 nitrogen and oxygen atoms in total. The summed E-state index contributed by atoms with van der Waals surface area (Å²) in [6.45, 7) is 2.55. The van der Waals surface area contributed by atoms with Gasteiger partial charge in [0.1, 0.15) is 6.61 Å². The van der Waals surface area contributed by atoms with Gasteiger partial charge in [0.15, 0.2) is 6.04 Å². The highest BCUT2D eigenvalue weighted by Gasteiger charge is 2.35. The van der Waals surface area contributed by atoms with Gasteiger partial charge >= 0.3 is 5.97 Å². The van der Waals surface area contributed by atoms with Crippen molar-refractivity contribution in [2.45, 2.75) is 25.5 Å². The number of aliphatic hydroxyl groups is 2. The van der Waals surface area contributed by atoms with Gasteiger partial charge in [-0.3, -0.25) is 4.79 Å². The second kappa shape index (κ2) is 8.73. The Kier molecular flexibility index (Phi) is 7.00. The van der Waals surface area contributed by atoms with Crippen LogP contribution in [0.25, 0.3) is 0 Å². The largest absolute Gasteiger partial charge is 0.467 e. The minimum absolute atomic E-state index is 0.254. The van der Waals surface area contributed by atoms with E-state index in [9.17, 15) is 14.7 Å². The molecule has 1 amide bonds. The molecule has 0 saturated carbocycles. The third kappa shape index (κ3) is 5.77. The predicted molar refractivity (Wildman–Crippen MR) is 87.7 cm³/mol. The lowest BCUT2D eigenvalue weighted by molar-refractivity contribution is -0.148. The quantitative estimate of drug-likeness (QED) is 0.537. The van der Waals surface area contributed by atoms with Crippen molar-refractivity contribution < 1.29 is 24.5 Å². The summed E-state index contributed by atoms with van der Waals surface area (Å²) in [4.78, 5) is 23.9. The minimum atomic E-state index is -1.47. The maximum atomic E-state index is 12.2. The Morgan fingerprint density at radius 3 is 2.38 bits per heavy atom. The molecule has 126 valence electrons. The monoisotopic (exact) mass is 329 g/mol. The first-order valence-electron chi connectivity index (χ1n) is 7.10. The average molecular weight is 329 g/mol. The smallest absolute Gasteiger partial charge is 0.331 e. The molecule has 0 radical (unpaired) electrons. The molecule has 0 spiro atoms. The van der Waals surface area contributed by atoms with E-state index in [1.807, 2.05) is 0 Å². The van der Waals surface area contributed by atoms with Crippen LogP contribution in [0, 0.1) is 23.7 Å². The molecule has 0 aliphatic carbocycles. The van der Waals surface area contributed by atoms with Gasteiger partial charge in [-0.05, 0) is 50.0 Å². The Bertz CT molecular complexity index is 708. The van der Waals surface area contributed by atoms with Gasteiger partial charge in [0.25, 0.3) is 5.91 Å². The molecular formula is C18H19NO5. The van der Waals surface area contributed by atoms with Crippen LogP contribution in [0.2, 0.25) is 0 Å². The van der Waals surface area contributed by atoms with Gasteiger partial charge < -0.3 is 20.3 Å². The van der Waals surface area contributed by atoms with E-state index in [0.717, 1.165) is 0 Å². The van der Waals surface area contributed by atoms with Gasteiger partial charge in [0.05, 0.1) is 12.7 Å². The summed E-state index contributed by atoms with van der Waals surface area (Å²) in [6, 6.07) is 5.14. The molecule has 0 fully saturated rings. The average Bonchev–Trinajstić information content (AvgIpc) is 2.55. The van der Waals surface area contributed by atoms with Gasteiger partial charge in [0.2, 0.25) is 0 Å². The zero-order valence-corrected chi connectivity index (χ0v) is 13.7. The van der Waals surface area contributed by atoms with Crippen molar-refractivity contribution in [3.8, 4) is 23.7 Å². The molecule has 1 rings (SSSR count). The highest BCUT2D eigenvalue weighted by atomic mass is 16.5. The highest BCUT2D eigenvalue weighted by molar-refractivity contribution is 5.97. The Morgan fingerprint density at radius 1 is 1.25 bits per heavy atom. The summed E-state index contributed by atoms with van der Waals surface area (Å²) in [6.07, 6.45) is 0. The van der Waals surface area contributed by atoms with Gasteiger partial charge in [-0.25, -0.2) is 4.79 Å². The SMILES string of the molecule is COC(=O)C(NC(=O)c1ccc(C#CC#CCO)cc1)C(C)(C)O. The van der Waals surface area contributed by atoms with Crippen molar-refractivity contribution in [1.29, 1.82) is 0 Å². The number of rotatable bonds is 4. The topological polar surface area (TPSA) is 95.9 Å². The van der Waals surface area contributed by atoms with E-state index in [0.29, 0.717) is 11.1 Å². The maximum Gasteiger partial charge on any atom is 0.331 e. The summed E-state index contributed by atoms with van der Waals surface area (Å²) >= 11 is 0. The molecule has 0 aromatic heterocycles. The second-order valence-electron chi connectivity index (χ2n) is 5.37. The van der Waals surface area contributed by atoms with Crippen molar-refractivity contribution >= 4 is 11.9 Å². The first-order valence-corrected chi connectivity index (χ1v) is 7.10. The predicted octanol–water partition coefficient (Wildman–Crippen LogP) is 0.0761. The second-order valence-corrected chi connectivity index (χ2v) is 5.37. The van der Waals surface area contributed by atoms with Crippen LogP contribution < -0.4 is 5.32 Å². The summed E-state index contributed by atoms with van der Waals surface area (Å²) in [7, 11) is 1.18. The number of nitrogens with one attached hydrogen (secondary N) is 1. The van der Waals surface area contributed by atoms with E-state index in [-0.39, 0.29) is 6.61 Å². The fraction of sp³-hybridized carbons (Fsp3) is 0.333. The van der Waals surface area contributed by atoms with Crippen molar-refractivity contribution in [1.82, 2.24) is 5.32 Å². The molecule has 6 heteroatoms. The molecule has 0 bridgehead atoms. The number of hydrogen-bond acceptors (Lipinski definition) is 5. The van der Waals surface area contributed by atoms with Crippen molar-refractivity contribution in [3.05, 3.63) is 35.4 Å². The maximum absolute atomic E-state index is 12.2. The van der Waals surface area contributed by atoms with Crippen LogP contribution in [0.4, 0.5) is 0 Å². The number of esters is 1. The molecule has 0 heterocycles. The molecule has 0 aliphatic heterocycles. The molecule has 1 aromatic carbocycles. The summed E-state index contributed by atoms with van der Waals surface area (Å²) in [5, 5.41) is 21.0. The van der Waals surface area contributed by atoms with Crippen molar-refractivity contribution in [2.24, 2.45) is 0 Å². The van der Waals surface area contributed by atoms with Gasteiger partial charge in [-0.15, -0.1) is 0 Å². The van der Waals surface area contributed by atoms with E-state index in [1.54, 1.807) is 12.1 Å². The van der Waals surface area contributed by atoms with E-state index in [4.69, 9.17) is 5.11 Å². The Morgan fingerprint density at radius 2 is 1.88 bits per heavy atom. The zero-order chi connectivity index (χ0) is 18.2. The van der Waals surface area contributed by atoms with Gasteiger partial charge in [-0.2, -0.15) is 0 Å². The third-order valence-electron chi connectivity index (χ3n) is 3.00. The fourth-order valence-electron chi connectivity index (χ4n) is 1.75. The van der Waals surface area contributed by atoms with E-state index in [1.165, 1.54) is 33.1 Å². The van der Waals surface area contributed by atoms with Crippen LogP contribution in [-0.2, 0) is 9.53 Å². The van der Waals surface area contributed by atoms with Crippen LogP contribution in [0.5, 0.6) is 0 Å². The molecule has 0 saturated heterocycles. The molecule has 1 atom stereocenters. The molecule has 24 heavy (non-hydrogen) atoms. The van der Waals surface area contributed by atoms with Crippen LogP contribution in [0.15, 0.2) is 24.3 Å².